The van der Waals surface area contributed by atoms with Gasteiger partial charge in [-0.05, 0) is 24.3 Å². The first-order chi connectivity index (χ1) is 12.2. The first-order valence-corrected chi connectivity index (χ1v) is 10.3. The molecule has 5 nitrogen and oxygen atoms in total. The lowest BCUT2D eigenvalue weighted by Crippen LogP contribution is -2.44. The van der Waals surface area contributed by atoms with Gasteiger partial charge in [0.2, 0.25) is 5.91 Å². The van der Waals surface area contributed by atoms with E-state index in [0.717, 1.165) is 27.2 Å². The lowest BCUT2D eigenvalue weighted by molar-refractivity contribution is -0.122. The molecule has 0 saturated carbocycles. The monoisotopic (exact) mass is 374 g/mol. The molecular weight excluding hydrogens is 352 g/mol. The average molecular weight is 375 g/mol. The number of para-hydroxylation sites is 1. The Kier molecular flexibility index (Phi) is 6.12. The molecule has 0 aliphatic carbocycles. The molecule has 0 aliphatic rings. The molecule has 1 amide bonds. The van der Waals surface area contributed by atoms with E-state index in [1.165, 1.54) is 4.88 Å². The fraction of sp³-hybridized carbons (Fsp3) is 0.333. The van der Waals surface area contributed by atoms with Crippen LogP contribution in [-0.2, 0) is 23.5 Å². The van der Waals surface area contributed by atoms with Crippen LogP contribution in [0.5, 0.6) is 0 Å². The molecule has 0 saturated heterocycles. The number of rotatable bonds is 8. The van der Waals surface area contributed by atoms with E-state index in [-0.39, 0.29) is 11.9 Å². The molecule has 0 radical (unpaired) electrons. The molecule has 0 spiro atoms. The number of H-pyrrole nitrogens is 1. The molecule has 132 valence electrons. The topological polar surface area (TPSA) is 69.8 Å². The van der Waals surface area contributed by atoms with Crippen molar-refractivity contribution >= 4 is 39.9 Å². The molecule has 1 aromatic carbocycles. The maximum atomic E-state index is 12.3. The summed E-state index contributed by atoms with van der Waals surface area (Å²) in [6, 6.07) is 7.86. The minimum absolute atomic E-state index is 0.00817. The summed E-state index contributed by atoms with van der Waals surface area (Å²) in [4.78, 5) is 21.3. The molecule has 25 heavy (non-hydrogen) atoms. The average Bonchev–Trinajstić information content (AvgIpc) is 3.25. The van der Waals surface area contributed by atoms with Crippen molar-refractivity contribution in [3.05, 3.63) is 52.1 Å². The van der Waals surface area contributed by atoms with Crippen molar-refractivity contribution in [1.82, 2.24) is 20.6 Å². The second-order valence-corrected chi connectivity index (χ2v) is 7.83. The number of thioether (sulfide) groups is 1. The van der Waals surface area contributed by atoms with Crippen molar-refractivity contribution in [2.24, 2.45) is 0 Å². The van der Waals surface area contributed by atoms with Crippen LogP contribution in [0.15, 0.2) is 36.7 Å². The van der Waals surface area contributed by atoms with Crippen LogP contribution >= 0.6 is 23.1 Å². The number of carbonyl (C=O) groups excluding carboxylic acids is 1. The molecule has 2 heterocycles. The maximum absolute atomic E-state index is 12.3. The molecular formula is C18H22N4OS2. The normalized spacial score (nSPS) is 12.4. The Bertz CT molecular complexity index is 842. The third-order valence-electron chi connectivity index (χ3n) is 4.05. The van der Waals surface area contributed by atoms with E-state index < -0.39 is 0 Å². The molecule has 0 aliphatic heterocycles. The molecule has 7 heteroatoms. The van der Waals surface area contributed by atoms with Crippen molar-refractivity contribution in [2.45, 2.75) is 24.8 Å². The SMILES string of the molecule is CNC(=O)[C@H](Cc1c[nH]c2ccccc12)NCc1ncc(CSC)s1. The number of benzene rings is 1. The number of amides is 1. The second-order valence-electron chi connectivity index (χ2n) is 5.76. The molecule has 3 aromatic rings. The Morgan fingerprint density at radius 3 is 3.04 bits per heavy atom. The Balaban J connectivity index is 1.70. The van der Waals surface area contributed by atoms with Gasteiger partial charge in [-0.1, -0.05) is 18.2 Å². The number of aromatic amines is 1. The van der Waals surface area contributed by atoms with Gasteiger partial charge in [-0.3, -0.25) is 10.1 Å². The predicted molar refractivity (Wildman–Crippen MR) is 106 cm³/mol. The quantitative estimate of drug-likeness (QED) is 0.567. The van der Waals surface area contributed by atoms with E-state index in [0.29, 0.717) is 13.0 Å². The number of likely N-dealkylation sites (N-methyl/N-ethyl adjacent to an activating group) is 1. The van der Waals surface area contributed by atoms with Crippen LogP contribution in [0.1, 0.15) is 15.4 Å². The number of thiazole rings is 1. The van der Waals surface area contributed by atoms with E-state index >= 15 is 0 Å². The number of nitrogens with one attached hydrogen (secondary N) is 3. The highest BCUT2D eigenvalue weighted by atomic mass is 32.2. The summed E-state index contributed by atoms with van der Waals surface area (Å²) in [6.07, 6.45) is 6.63. The third kappa shape index (κ3) is 4.42. The minimum Gasteiger partial charge on any atom is -0.361 e. The summed E-state index contributed by atoms with van der Waals surface area (Å²) >= 11 is 3.48. The van der Waals surface area contributed by atoms with Gasteiger partial charge < -0.3 is 10.3 Å². The van der Waals surface area contributed by atoms with Crippen molar-refractivity contribution in [1.29, 1.82) is 0 Å². The molecule has 3 rings (SSSR count). The van der Waals surface area contributed by atoms with Crippen molar-refractivity contribution in [3.8, 4) is 0 Å². The Hall–Kier alpha value is -1.83. The third-order valence-corrected chi connectivity index (χ3v) is 5.83. The highest BCUT2D eigenvalue weighted by Crippen LogP contribution is 2.20. The molecule has 2 aromatic heterocycles. The maximum Gasteiger partial charge on any atom is 0.237 e. The zero-order valence-electron chi connectivity index (χ0n) is 14.3. The van der Waals surface area contributed by atoms with E-state index in [1.54, 1.807) is 30.1 Å². The van der Waals surface area contributed by atoms with Crippen LogP contribution in [0.2, 0.25) is 0 Å². The minimum atomic E-state index is -0.294. The van der Waals surface area contributed by atoms with E-state index in [9.17, 15) is 4.79 Å². The van der Waals surface area contributed by atoms with Crippen molar-refractivity contribution in [3.63, 3.8) is 0 Å². The largest absolute Gasteiger partial charge is 0.361 e. The number of hydrogen-bond donors (Lipinski definition) is 3. The van der Waals surface area contributed by atoms with Crippen molar-refractivity contribution in [2.75, 3.05) is 13.3 Å². The van der Waals surface area contributed by atoms with Crippen LogP contribution in [0.3, 0.4) is 0 Å². The zero-order chi connectivity index (χ0) is 17.6. The van der Waals surface area contributed by atoms with Gasteiger partial charge in [-0.25, -0.2) is 4.98 Å². The summed E-state index contributed by atoms with van der Waals surface area (Å²) in [5.41, 5.74) is 2.23. The molecule has 0 bridgehead atoms. The van der Waals surface area contributed by atoms with Gasteiger partial charge >= 0.3 is 0 Å². The van der Waals surface area contributed by atoms with Crippen LogP contribution in [0.25, 0.3) is 10.9 Å². The predicted octanol–water partition coefficient (Wildman–Crippen LogP) is 2.93. The van der Waals surface area contributed by atoms with Gasteiger partial charge in [-0.2, -0.15) is 11.8 Å². The first kappa shape index (κ1) is 18.0. The van der Waals surface area contributed by atoms with Gasteiger partial charge in [-0.15, -0.1) is 11.3 Å². The number of carbonyl (C=O) groups is 1. The van der Waals surface area contributed by atoms with Gasteiger partial charge in [0.1, 0.15) is 5.01 Å². The molecule has 0 fully saturated rings. The van der Waals surface area contributed by atoms with Gasteiger partial charge in [0.05, 0.1) is 6.04 Å². The molecule has 0 unspecified atom stereocenters. The van der Waals surface area contributed by atoms with Crippen LogP contribution in [0.4, 0.5) is 0 Å². The smallest absolute Gasteiger partial charge is 0.237 e. The number of nitrogens with zero attached hydrogens (tertiary/aromatic N) is 1. The Labute approximate surface area is 155 Å². The first-order valence-electron chi connectivity index (χ1n) is 8.13. The van der Waals surface area contributed by atoms with Crippen LogP contribution in [-0.4, -0.2) is 35.2 Å². The number of fused-ring (bicyclic) bond motifs is 1. The summed E-state index contributed by atoms with van der Waals surface area (Å²) in [5.74, 6) is 0.970. The van der Waals surface area contributed by atoms with Gasteiger partial charge in [0, 0.05) is 47.5 Å². The lowest BCUT2D eigenvalue weighted by atomic mass is 10.0. The highest BCUT2D eigenvalue weighted by Gasteiger charge is 2.19. The zero-order valence-corrected chi connectivity index (χ0v) is 16.0. The van der Waals surface area contributed by atoms with Gasteiger partial charge in [0.15, 0.2) is 0 Å². The highest BCUT2D eigenvalue weighted by molar-refractivity contribution is 7.97. The van der Waals surface area contributed by atoms with Crippen LogP contribution < -0.4 is 10.6 Å². The summed E-state index contributed by atoms with van der Waals surface area (Å²) in [5, 5.41) is 8.29. The molecule has 1 atom stereocenters. The summed E-state index contributed by atoms with van der Waals surface area (Å²) in [7, 11) is 1.67. The Morgan fingerprint density at radius 2 is 2.24 bits per heavy atom. The van der Waals surface area contributed by atoms with E-state index in [4.69, 9.17) is 0 Å². The summed E-state index contributed by atoms with van der Waals surface area (Å²) in [6.45, 7) is 0.597. The van der Waals surface area contributed by atoms with Gasteiger partial charge in [0.25, 0.3) is 0 Å². The van der Waals surface area contributed by atoms with E-state index in [2.05, 4.69) is 32.9 Å². The fourth-order valence-electron chi connectivity index (χ4n) is 2.80. The Morgan fingerprint density at radius 1 is 1.40 bits per heavy atom. The van der Waals surface area contributed by atoms with E-state index in [1.807, 2.05) is 30.6 Å². The van der Waals surface area contributed by atoms with Crippen molar-refractivity contribution < 1.29 is 4.79 Å². The molecule has 3 N–H and O–H groups in total. The van der Waals surface area contributed by atoms with Crippen LogP contribution in [0, 0.1) is 0 Å². The summed E-state index contributed by atoms with van der Waals surface area (Å²) < 4.78 is 0. The number of aromatic nitrogens is 2. The lowest BCUT2D eigenvalue weighted by Gasteiger charge is -2.16. The fourth-order valence-corrected chi connectivity index (χ4v) is 4.42. The second kappa shape index (κ2) is 8.51. The standard InChI is InChI=1S/C18H22N4OS2/c1-19-18(23)16(21-10-17-22-9-13(25-17)11-24-2)7-12-8-20-15-6-4-3-5-14(12)15/h3-6,8-9,16,20-21H,7,10-11H2,1-2H3,(H,19,23)/t16-/m0/s1. The number of hydrogen-bond acceptors (Lipinski definition) is 5.